The Kier molecular flexibility index (Phi) is 6.52. The van der Waals surface area contributed by atoms with Gasteiger partial charge >= 0.3 is 0 Å². The fraction of sp³-hybridized carbons (Fsp3) is 0.278. The Hall–Kier alpha value is -2.18. The first-order chi connectivity index (χ1) is 11.5. The summed E-state index contributed by atoms with van der Waals surface area (Å²) in [6.07, 6.45) is 1.64. The molecule has 0 fully saturated rings. The lowest BCUT2D eigenvalue weighted by Gasteiger charge is -2.07. The zero-order chi connectivity index (χ0) is 17.4. The fourth-order valence-corrected chi connectivity index (χ4v) is 3.29. The van der Waals surface area contributed by atoms with Crippen molar-refractivity contribution in [2.45, 2.75) is 31.1 Å². The number of para-hydroxylation sites is 1. The summed E-state index contributed by atoms with van der Waals surface area (Å²) in [6, 6.07) is 15.9. The Bertz CT molecular complexity index is 757. The predicted octanol–water partition coefficient (Wildman–Crippen LogP) is 2.95. The third-order valence-corrected chi connectivity index (χ3v) is 4.95. The van der Waals surface area contributed by atoms with Crippen LogP contribution in [0.2, 0.25) is 0 Å². The van der Waals surface area contributed by atoms with Crippen LogP contribution in [0.3, 0.4) is 0 Å². The highest BCUT2D eigenvalue weighted by atomic mass is 32.2. The maximum atomic E-state index is 12.0. The van der Waals surface area contributed by atoms with E-state index in [1.165, 1.54) is 0 Å². The lowest BCUT2D eigenvalue weighted by Crippen LogP contribution is -2.24. The Morgan fingerprint density at radius 2 is 1.67 bits per heavy atom. The van der Waals surface area contributed by atoms with Gasteiger partial charge in [-0.3, -0.25) is 4.79 Å². The van der Waals surface area contributed by atoms with E-state index < -0.39 is 10.0 Å². The Morgan fingerprint density at radius 1 is 1.00 bits per heavy atom. The van der Waals surface area contributed by atoms with Crippen molar-refractivity contribution in [3.8, 4) is 0 Å². The lowest BCUT2D eigenvalue weighted by molar-refractivity contribution is -0.116. The van der Waals surface area contributed by atoms with Gasteiger partial charge in [-0.2, -0.15) is 0 Å². The molecule has 0 spiro atoms. The normalized spacial score (nSPS) is 11.2. The van der Waals surface area contributed by atoms with Crippen molar-refractivity contribution in [3.05, 3.63) is 60.2 Å². The monoisotopic (exact) mass is 346 g/mol. The van der Waals surface area contributed by atoms with Crippen LogP contribution in [0.15, 0.2) is 59.5 Å². The molecule has 2 aromatic rings. The van der Waals surface area contributed by atoms with Crippen molar-refractivity contribution in [1.29, 1.82) is 0 Å². The van der Waals surface area contributed by atoms with Gasteiger partial charge in [0.1, 0.15) is 0 Å². The molecule has 1 amide bonds. The first kappa shape index (κ1) is 18.2. The molecule has 24 heavy (non-hydrogen) atoms. The molecule has 0 saturated heterocycles. The summed E-state index contributed by atoms with van der Waals surface area (Å²) in [6.45, 7) is 2.33. The first-order valence-corrected chi connectivity index (χ1v) is 9.43. The van der Waals surface area contributed by atoms with Gasteiger partial charge in [-0.1, -0.05) is 37.3 Å². The molecule has 0 aliphatic carbocycles. The number of carbonyl (C=O) groups excluding carboxylic acids is 1. The number of sulfonamides is 1. The second-order valence-electron chi connectivity index (χ2n) is 5.46. The van der Waals surface area contributed by atoms with E-state index in [9.17, 15) is 13.2 Å². The zero-order valence-electron chi connectivity index (χ0n) is 13.7. The average molecular weight is 346 g/mol. The first-order valence-electron chi connectivity index (χ1n) is 7.95. The number of hydrogen-bond donors (Lipinski definition) is 2. The van der Waals surface area contributed by atoms with Gasteiger partial charge in [0.05, 0.1) is 4.90 Å². The molecule has 0 aliphatic heterocycles. The van der Waals surface area contributed by atoms with Crippen LogP contribution >= 0.6 is 0 Å². The standard InChI is InChI=1S/C18H22N2O3S/c1-2-14-19-24(22,23)17-11-8-15(9-12-17)10-13-18(21)20-16-6-4-3-5-7-16/h3-9,11-12,19H,2,10,13-14H2,1H3,(H,20,21). The molecule has 0 heterocycles. The topological polar surface area (TPSA) is 75.3 Å². The maximum Gasteiger partial charge on any atom is 0.240 e. The molecule has 0 saturated carbocycles. The van der Waals surface area contributed by atoms with Crippen LogP contribution in [0.1, 0.15) is 25.3 Å². The zero-order valence-corrected chi connectivity index (χ0v) is 14.5. The van der Waals surface area contributed by atoms with Crippen molar-refractivity contribution in [2.75, 3.05) is 11.9 Å². The van der Waals surface area contributed by atoms with Crippen molar-refractivity contribution in [2.24, 2.45) is 0 Å². The van der Waals surface area contributed by atoms with Gasteiger partial charge in [-0.25, -0.2) is 13.1 Å². The van der Waals surface area contributed by atoms with Gasteiger partial charge in [0, 0.05) is 18.7 Å². The lowest BCUT2D eigenvalue weighted by atomic mass is 10.1. The Morgan fingerprint density at radius 3 is 2.29 bits per heavy atom. The van der Waals surface area contributed by atoms with E-state index in [1.54, 1.807) is 24.3 Å². The number of hydrogen-bond acceptors (Lipinski definition) is 3. The SMILES string of the molecule is CCCNS(=O)(=O)c1ccc(CCC(=O)Nc2ccccc2)cc1. The van der Waals surface area contributed by atoms with Crippen LogP contribution in [0, 0.1) is 0 Å². The largest absolute Gasteiger partial charge is 0.326 e. The number of carbonyl (C=O) groups is 1. The molecular formula is C18H22N2O3S. The quantitative estimate of drug-likeness (QED) is 0.772. The summed E-state index contributed by atoms with van der Waals surface area (Å²) in [5.41, 5.74) is 1.69. The van der Waals surface area contributed by atoms with E-state index in [1.807, 2.05) is 37.3 Å². The molecule has 128 valence electrons. The number of benzene rings is 2. The molecule has 0 aromatic heterocycles. The fourth-order valence-electron chi connectivity index (χ4n) is 2.16. The van der Waals surface area contributed by atoms with Gasteiger partial charge in [0.25, 0.3) is 0 Å². The molecule has 0 aliphatic rings. The number of amides is 1. The van der Waals surface area contributed by atoms with Gasteiger partial charge in [-0.05, 0) is 42.7 Å². The van der Waals surface area contributed by atoms with E-state index in [-0.39, 0.29) is 10.8 Å². The van der Waals surface area contributed by atoms with Gasteiger partial charge in [0.15, 0.2) is 0 Å². The average Bonchev–Trinajstić information content (AvgIpc) is 2.59. The van der Waals surface area contributed by atoms with E-state index in [2.05, 4.69) is 10.0 Å². The molecule has 0 radical (unpaired) electrons. The minimum absolute atomic E-state index is 0.0671. The van der Waals surface area contributed by atoms with Crippen LogP contribution < -0.4 is 10.0 Å². The highest BCUT2D eigenvalue weighted by Crippen LogP contribution is 2.13. The minimum atomic E-state index is -3.44. The van der Waals surface area contributed by atoms with Crippen LogP contribution in [-0.2, 0) is 21.2 Å². The molecule has 0 bridgehead atoms. The van der Waals surface area contributed by atoms with E-state index in [0.717, 1.165) is 17.7 Å². The molecule has 0 unspecified atom stereocenters. The van der Waals surface area contributed by atoms with Gasteiger partial charge < -0.3 is 5.32 Å². The number of anilines is 1. The third-order valence-electron chi connectivity index (χ3n) is 3.47. The van der Waals surface area contributed by atoms with E-state index >= 15 is 0 Å². The maximum absolute atomic E-state index is 12.0. The smallest absolute Gasteiger partial charge is 0.240 e. The third kappa shape index (κ3) is 5.47. The summed E-state index contributed by atoms with van der Waals surface area (Å²) in [4.78, 5) is 12.2. The minimum Gasteiger partial charge on any atom is -0.326 e. The van der Waals surface area contributed by atoms with Gasteiger partial charge in [-0.15, -0.1) is 0 Å². The predicted molar refractivity (Wildman–Crippen MR) is 95.3 cm³/mol. The Labute approximate surface area is 143 Å². The summed E-state index contributed by atoms with van der Waals surface area (Å²) < 4.78 is 26.5. The summed E-state index contributed by atoms with van der Waals surface area (Å²) in [5, 5.41) is 2.83. The van der Waals surface area contributed by atoms with Crippen molar-refractivity contribution >= 4 is 21.6 Å². The highest BCUT2D eigenvalue weighted by Gasteiger charge is 2.12. The molecule has 5 nitrogen and oxygen atoms in total. The van der Waals surface area contributed by atoms with Crippen molar-refractivity contribution in [3.63, 3.8) is 0 Å². The van der Waals surface area contributed by atoms with Crippen LogP contribution in [0.25, 0.3) is 0 Å². The molecular weight excluding hydrogens is 324 g/mol. The van der Waals surface area contributed by atoms with Crippen molar-refractivity contribution in [1.82, 2.24) is 4.72 Å². The molecule has 2 N–H and O–H groups in total. The van der Waals surface area contributed by atoms with Crippen LogP contribution in [0.5, 0.6) is 0 Å². The molecule has 6 heteroatoms. The highest BCUT2D eigenvalue weighted by molar-refractivity contribution is 7.89. The van der Waals surface area contributed by atoms with Gasteiger partial charge in [0.2, 0.25) is 15.9 Å². The summed E-state index contributed by atoms with van der Waals surface area (Å²) in [7, 11) is -3.44. The van der Waals surface area contributed by atoms with E-state index in [4.69, 9.17) is 0 Å². The summed E-state index contributed by atoms with van der Waals surface area (Å²) in [5.74, 6) is -0.0671. The molecule has 0 atom stereocenters. The van der Waals surface area contributed by atoms with E-state index in [0.29, 0.717) is 19.4 Å². The molecule has 2 rings (SSSR count). The van der Waals surface area contributed by atoms with Crippen LogP contribution in [-0.4, -0.2) is 20.9 Å². The Balaban J connectivity index is 1.89. The second kappa shape index (κ2) is 8.61. The second-order valence-corrected chi connectivity index (χ2v) is 7.22. The number of aryl methyl sites for hydroxylation is 1. The van der Waals surface area contributed by atoms with Crippen LogP contribution in [0.4, 0.5) is 5.69 Å². The summed E-state index contributed by atoms with van der Waals surface area (Å²) >= 11 is 0. The number of rotatable bonds is 8. The molecule has 2 aromatic carbocycles. The number of nitrogens with one attached hydrogen (secondary N) is 2. The van der Waals surface area contributed by atoms with Crippen molar-refractivity contribution < 1.29 is 13.2 Å².